The molecule has 1 rings (SSSR count). The quantitative estimate of drug-likeness (QED) is 0.453. The minimum absolute atomic E-state index is 0.0602. The second-order valence-corrected chi connectivity index (χ2v) is 6.73. The number of methoxy groups -OCH3 is 1. The molecule has 0 aliphatic heterocycles. The van der Waals surface area contributed by atoms with Crippen molar-refractivity contribution in [3.8, 4) is 0 Å². The van der Waals surface area contributed by atoms with Gasteiger partial charge in [-0.05, 0) is 37.0 Å². The fourth-order valence-electron chi connectivity index (χ4n) is 1.64. The molecule has 0 heterocycles. The zero-order valence-electron chi connectivity index (χ0n) is 13.9. The molecule has 0 saturated carbocycles. The van der Waals surface area contributed by atoms with Crippen molar-refractivity contribution in [2.75, 3.05) is 13.7 Å². The number of ether oxygens (including phenoxy) is 1. The highest BCUT2D eigenvalue weighted by Crippen LogP contribution is 2.22. The smallest absolute Gasteiger partial charge is 0.373 e. The van der Waals surface area contributed by atoms with E-state index in [9.17, 15) is 4.79 Å². The Morgan fingerprint density at radius 1 is 1.05 bits per heavy atom. The molecule has 0 radical (unpaired) electrons. The molecule has 0 atom stereocenters. The molecule has 0 N–H and O–H groups in total. The first-order valence-corrected chi connectivity index (χ1v) is 7.15. The summed E-state index contributed by atoms with van der Waals surface area (Å²) < 4.78 is 5.25. The summed E-state index contributed by atoms with van der Waals surface area (Å²) in [5, 5.41) is 0. The van der Waals surface area contributed by atoms with Crippen molar-refractivity contribution in [2.24, 2.45) is 0 Å². The van der Waals surface area contributed by atoms with Crippen LogP contribution >= 0.6 is 0 Å². The first-order valence-electron chi connectivity index (χ1n) is 7.15. The highest BCUT2D eigenvalue weighted by molar-refractivity contribution is 5.88. The van der Waals surface area contributed by atoms with Gasteiger partial charge in [-0.1, -0.05) is 32.9 Å². The zero-order valence-corrected chi connectivity index (χ0v) is 13.9. The molecular formula is C17H26O4. The molecule has 4 heteroatoms. The summed E-state index contributed by atoms with van der Waals surface area (Å²) in [4.78, 5) is 21.6. The van der Waals surface area contributed by atoms with Crippen molar-refractivity contribution in [3.05, 3.63) is 35.4 Å². The summed E-state index contributed by atoms with van der Waals surface area (Å²) in [6.45, 7) is 10.6. The van der Waals surface area contributed by atoms with Crippen LogP contribution in [0.1, 0.15) is 57.0 Å². The maximum absolute atomic E-state index is 11.8. The summed E-state index contributed by atoms with van der Waals surface area (Å²) in [6.07, 6.45) is 0.639. The van der Waals surface area contributed by atoms with Crippen molar-refractivity contribution in [1.82, 2.24) is 0 Å². The Morgan fingerprint density at radius 3 is 2.10 bits per heavy atom. The number of carbonyl (C=O) groups excluding carboxylic acids is 1. The molecular weight excluding hydrogens is 268 g/mol. The number of hydrogen-bond acceptors (Lipinski definition) is 4. The Kier molecular flexibility index (Phi) is 5.93. The van der Waals surface area contributed by atoms with Gasteiger partial charge in [0, 0.05) is 13.5 Å². The van der Waals surface area contributed by atoms with Gasteiger partial charge in [-0.25, -0.2) is 4.79 Å². The SMILES string of the molecule is COC(C)(C)CCOOC(=O)c1ccc(C(C)(C)C)cc1. The summed E-state index contributed by atoms with van der Waals surface area (Å²) in [7, 11) is 1.64. The largest absolute Gasteiger partial charge is 0.379 e. The number of rotatable bonds is 6. The molecule has 0 spiro atoms. The lowest BCUT2D eigenvalue weighted by Gasteiger charge is -2.21. The Labute approximate surface area is 127 Å². The Morgan fingerprint density at radius 2 is 1.62 bits per heavy atom. The summed E-state index contributed by atoms with van der Waals surface area (Å²) in [5.74, 6) is -0.481. The monoisotopic (exact) mass is 294 g/mol. The lowest BCUT2D eigenvalue weighted by molar-refractivity contribution is -0.247. The maximum Gasteiger partial charge on any atom is 0.373 e. The Bertz CT molecular complexity index is 455. The average molecular weight is 294 g/mol. The first-order chi connectivity index (χ1) is 9.65. The number of hydrogen-bond donors (Lipinski definition) is 0. The molecule has 1 aromatic rings. The van der Waals surface area contributed by atoms with Gasteiger partial charge in [0.2, 0.25) is 0 Å². The van der Waals surface area contributed by atoms with Gasteiger partial charge in [0.25, 0.3) is 0 Å². The van der Waals surface area contributed by atoms with Crippen molar-refractivity contribution in [1.29, 1.82) is 0 Å². The second kappa shape index (κ2) is 7.05. The van der Waals surface area contributed by atoms with Gasteiger partial charge in [-0.15, -0.1) is 0 Å². The second-order valence-electron chi connectivity index (χ2n) is 6.73. The summed E-state index contributed by atoms with van der Waals surface area (Å²) in [6, 6.07) is 7.38. The van der Waals surface area contributed by atoms with E-state index in [0.717, 1.165) is 0 Å². The van der Waals surface area contributed by atoms with Gasteiger partial charge in [0.1, 0.15) is 0 Å². The topological polar surface area (TPSA) is 44.8 Å². The maximum atomic E-state index is 11.8. The van der Waals surface area contributed by atoms with Crippen LogP contribution in [0.25, 0.3) is 0 Å². The zero-order chi connectivity index (χ0) is 16.1. The van der Waals surface area contributed by atoms with Crippen LogP contribution in [0, 0.1) is 0 Å². The lowest BCUT2D eigenvalue weighted by Crippen LogP contribution is -2.24. The molecule has 4 nitrogen and oxygen atoms in total. The fourth-order valence-corrected chi connectivity index (χ4v) is 1.64. The molecule has 1 aromatic carbocycles. The third kappa shape index (κ3) is 5.86. The number of carbonyl (C=O) groups is 1. The molecule has 0 bridgehead atoms. The van der Waals surface area contributed by atoms with Crippen LogP contribution in [-0.2, 0) is 19.9 Å². The average Bonchev–Trinajstić information content (AvgIpc) is 2.42. The van der Waals surface area contributed by atoms with E-state index in [1.54, 1.807) is 19.2 Å². The van der Waals surface area contributed by atoms with E-state index in [2.05, 4.69) is 20.8 Å². The van der Waals surface area contributed by atoms with Crippen molar-refractivity contribution >= 4 is 5.97 Å². The highest BCUT2D eigenvalue weighted by atomic mass is 17.2. The minimum Gasteiger partial charge on any atom is -0.379 e. The van der Waals surface area contributed by atoms with E-state index >= 15 is 0 Å². The Hall–Kier alpha value is -1.39. The van der Waals surface area contributed by atoms with Crippen LogP contribution in [-0.4, -0.2) is 25.3 Å². The van der Waals surface area contributed by atoms with Gasteiger partial charge < -0.3 is 4.74 Å². The molecule has 21 heavy (non-hydrogen) atoms. The van der Waals surface area contributed by atoms with Crippen molar-refractivity contribution < 1.29 is 19.3 Å². The molecule has 0 amide bonds. The van der Waals surface area contributed by atoms with Gasteiger partial charge >= 0.3 is 5.97 Å². The molecule has 0 aliphatic rings. The molecule has 0 fully saturated rings. The van der Waals surface area contributed by atoms with Gasteiger partial charge in [0.05, 0.1) is 17.8 Å². The standard InChI is InChI=1S/C17H26O4/c1-16(2,3)14-9-7-13(8-10-14)15(18)21-20-12-11-17(4,5)19-6/h7-10H,11-12H2,1-6H3. The van der Waals surface area contributed by atoms with Crippen LogP contribution in [0.5, 0.6) is 0 Å². The third-order valence-corrected chi connectivity index (χ3v) is 3.46. The predicted molar refractivity (Wildman–Crippen MR) is 82.2 cm³/mol. The number of benzene rings is 1. The van der Waals surface area contributed by atoms with Crippen molar-refractivity contribution in [3.63, 3.8) is 0 Å². The normalized spacial score (nSPS) is 12.3. The van der Waals surface area contributed by atoms with Crippen LogP contribution in [0.2, 0.25) is 0 Å². The van der Waals surface area contributed by atoms with Crippen LogP contribution in [0.15, 0.2) is 24.3 Å². The molecule has 0 aliphatic carbocycles. The van der Waals surface area contributed by atoms with E-state index in [0.29, 0.717) is 18.6 Å². The molecule has 0 unspecified atom stereocenters. The minimum atomic E-state index is -0.481. The van der Waals surface area contributed by atoms with Crippen LogP contribution < -0.4 is 0 Å². The molecule has 118 valence electrons. The van der Waals surface area contributed by atoms with E-state index in [-0.39, 0.29) is 11.0 Å². The predicted octanol–water partition coefficient (Wildman–Crippen LogP) is 3.89. The third-order valence-electron chi connectivity index (χ3n) is 3.46. The lowest BCUT2D eigenvalue weighted by atomic mass is 9.87. The molecule has 0 aromatic heterocycles. The van der Waals surface area contributed by atoms with E-state index in [1.165, 1.54) is 5.56 Å². The van der Waals surface area contributed by atoms with Gasteiger partial charge in [-0.3, -0.25) is 4.89 Å². The summed E-state index contributed by atoms with van der Waals surface area (Å²) >= 11 is 0. The highest BCUT2D eigenvalue weighted by Gasteiger charge is 2.17. The first kappa shape index (κ1) is 17.7. The Balaban J connectivity index is 2.46. The van der Waals surface area contributed by atoms with Crippen LogP contribution in [0.4, 0.5) is 0 Å². The van der Waals surface area contributed by atoms with Gasteiger partial charge in [0.15, 0.2) is 0 Å². The van der Waals surface area contributed by atoms with E-state index < -0.39 is 5.97 Å². The fraction of sp³-hybridized carbons (Fsp3) is 0.588. The summed E-state index contributed by atoms with van der Waals surface area (Å²) in [5.41, 5.74) is 1.42. The van der Waals surface area contributed by atoms with Crippen LogP contribution in [0.3, 0.4) is 0 Å². The van der Waals surface area contributed by atoms with E-state index in [4.69, 9.17) is 14.5 Å². The van der Waals surface area contributed by atoms with E-state index in [1.807, 2.05) is 26.0 Å². The van der Waals surface area contributed by atoms with Gasteiger partial charge in [-0.2, -0.15) is 4.89 Å². The molecule has 0 saturated heterocycles. The van der Waals surface area contributed by atoms with Crippen molar-refractivity contribution in [2.45, 2.75) is 52.1 Å².